The number of aliphatic hydroxyl groups excluding tert-OH is 1. The second-order valence-electron chi connectivity index (χ2n) is 6.23. The molecule has 0 bridgehead atoms. The number of carbonyl (C=O) groups is 1. The minimum atomic E-state index is -0.465. The Labute approximate surface area is 142 Å². The zero-order valence-corrected chi connectivity index (χ0v) is 13.8. The third-order valence-electron chi connectivity index (χ3n) is 4.68. The van der Waals surface area contributed by atoms with E-state index in [2.05, 4.69) is 36.1 Å². The maximum atomic E-state index is 11.8. The zero-order valence-electron chi connectivity index (χ0n) is 13.8. The fraction of sp³-hybridized carbons (Fsp3) is 0.350. The number of aliphatic hydroxyl groups is 1. The smallest absolute Gasteiger partial charge is 0.307 e. The van der Waals surface area contributed by atoms with Gasteiger partial charge in [-0.05, 0) is 18.1 Å². The Bertz CT molecular complexity index is 659. The summed E-state index contributed by atoms with van der Waals surface area (Å²) >= 11 is 0. The van der Waals surface area contributed by atoms with Gasteiger partial charge in [0.2, 0.25) is 0 Å². The van der Waals surface area contributed by atoms with E-state index in [9.17, 15) is 9.90 Å². The summed E-state index contributed by atoms with van der Waals surface area (Å²) in [6, 6.07) is 20.4. The Balaban J connectivity index is 1.90. The molecule has 4 heteroatoms. The second-order valence-corrected chi connectivity index (χ2v) is 6.23. The van der Waals surface area contributed by atoms with Gasteiger partial charge in [0.15, 0.2) is 0 Å². The minimum Gasteiger partial charge on any atom is -0.458 e. The summed E-state index contributed by atoms with van der Waals surface area (Å²) in [4.78, 5) is 14.0. The topological polar surface area (TPSA) is 49.8 Å². The lowest BCUT2D eigenvalue weighted by atomic mass is 10.00. The van der Waals surface area contributed by atoms with E-state index in [1.807, 2.05) is 36.4 Å². The number of benzene rings is 2. The van der Waals surface area contributed by atoms with E-state index in [0.717, 1.165) is 0 Å². The normalized spacial score (nSPS) is 21.7. The van der Waals surface area contributed by atoms with Crippen LogP contribution in [0.25, 0.3) is 0 Å². The molecule has 1 saturated heterocycles. The van der Waals surface area contributed by atoms with Crippen molar-refractivity contribution in [2.24, 2.45) is 0 Å². The third kappa shape index (κ3) is 3.66. The molecule has 3 atom stereocenters. The largest absolute Gasteiger partial charge is 0.458 e. The van der Waals surface area contributed by atoms with E-state index >= 15 is 0 Å². The molecular weight excluding hydrogens is 302 g/mol. The Morgan fingerprint density at radius 1 is 1.12 bits per heavy atom. The zero-order chi connectivity index (χ0) is 16.9. The predicted octanol–water partition coefficient (Wildman–Crippen LogP) is 2.93. The highest BCUT2D eigenvalue weighted by atomic mass is 16.6. The SMILES string of the molecule is C[C@H](c1ccccc1)N(Cc1ccccc1)[C@H]1CC(=O)O[C@@H]1CO. The number of nitrogens with zero attached hydrogens (tertiary/aromatic N) is 1. The van der Waals surface area contributed by atoms with Crippen molar-refractivity contribution >= 4 is 5.97 Å². The van der Waals surface area contributed by atoms with Gasteiger partial charge >= 0.3 is 5.97 Å². The van der Waals surface area contributed by atoms with Gasteiger partial charge < -0.3 is 9.84 Å². The lowest BCUT2D eigenvalue weighted by Crippen LogP contribution is -2.43. The molecule has 24 heavy (non-hydrogen) atoms. The van der Waals surface area contributed by atoms with E-state index in [1.165, 1.54) is 11.1 Å². The van der Waals surface area contributed by atoms with Gasteiger partial charge in [0.05, 0.1) is 19.1 Å². The number of carbonyl (C=O) groups excluding carboxylic acids is 1. The van der Waals surface area contributed by atoms with Gasteiger partial charge in [-0.25, -0.2) is 0 Å². The van der Waals surface area contributed by atoms with Gasteiger partial charge in [-0.15, -0.1) is 0 Å². The summed E-state index contributed by atoms with van der Waals surface area (Å²) in [5, 5.41) is 9.62. The molecule has 1 fully saturated rings. The Morgan fingerprint density at radius 2 is 1.75 bits per heavy atom. The van der Waals surface area contributed by atoms with Crippen LogP contribution in [0.1, 0.15) is 30.5 Å². The van der Waals surface area contributed by atoms with Crippen molar-refractivity contribution in [3.05, 3.63) is 71.8 Å². The first-order valence-corrected chi connectivity index (χ1v) is 8.34. The number of hydrogen-bond donors (Lipinski definition) is 1. The quantitative estimate of drug-likeness (QED) is 0.830. The number of cyclic esters (lactones) is 1. The van der Waals surface area contributed by atoms with Crippen LogP contribution in [0.5, 0.6) is 0 Å². The number of esters is 1. The van der Waals surface area contributed by atoms with Gasteiger partial charge in [0, 0.05) is 12.6 Å². The average molecular weight is 325 g/mol. The number of hydrogen-bond acceptors (Lipinski definition) is 4. The van der Waals surface area contributed by atoms with Crippen LogP contribution in [-0.4, -0.2) is 34.7 Å². The Morgan fingerprint density at radius 3 is 2.38 bits per heavy atom. The monoisotopic (exact) mass is 325 g/mol. The van der Waals surface area contributed by atoms with Gasteiger partial charge in [-0.3, -0.25) is 9.69 Å². The molecule has 1 aliphatic rings. The molecule has 126 valence electrons. The van der Waals surface area contributed by atoms with Gasteiger partial charge in [-0.2, -0.15) is 0 Å². The van der Waals surface area contributed by atoms with Crippen LogP contribution >= 0.6 is 0 Å². The van der Waals surface area contributed by atoms with E-state index in [4.69, 9.17) is 4.74 Å². The fourth-order valence-electron chi connectivity index (χ4n) is 3.35. The lowest BCUT2D eigenvalue weighted by molar-refractivity contribution is -0.143. The first-order chi connectivity index (χ1) is 11.7. The van der Waals surface area contributed by atoms with Gasteiger partial charge in [-0.1, -0.05) is 60.7 Å². The standard InChI is InChI=1S/C20H23NO3/c1-15(17-10-6-3-7-11-17)21(13-16-8-4-2-5-9-16)18-12-20(23)24-19(18)14-22/h2-11,15,18-19,22H,12-14H2,1H3/t15-,18+,19-/m1/s1. The molecule has 1 heterocycles. The highest BCUT2D eigenvalue weighted by Gasteiger charge is 2.40. The molecule has 0 radical (unpaired) electrons. The molecule has 4 nitrogen and oxygen atoms in total. The van der Waals surface area contributed by atoms with Crippen molar-refractivity contribution in [1.29, 1.82) is 0 Å². The second kappa shape index (κ2) is 7.60. The maximum absolute atomic E-state index is 11.8. The molecule has 0 aromatic heterocycles. The maximum Gasteiger partial charge on any atom is 0.307 e. The van der Waals surface area contributed by atoms with Crippen molar-refractivity contribution in [2.75, 3.05) is 6.61 Å². The summed E-state index contributed by atoms with van der Waals surface area (Å²) in [6.45, 7) is 2.69. The predicted molar refractivity (Wildman–Crippen MR) is 92.2 cm³/mol. The number of ether oxygens (including phenoxy) is 1. The molecular formula is C20H23NO3. The minimum absolute atomic E-state index is 0.111. The summed E-state index contributed by atoms with van der Waals surface area (Å²) in [7, 11) is 0. The van der Waals surface area contributed by atoms with Crippen molar-refractivity contribution in [3.63, 3.8) is 0 Å². The molecule has 0 saturated carbocycles. The molecule has 2 aromatic rings. The molecule has 0 aliphatic carbocycles. The summed E-state index contributed by atoms with van der Waals surface area (Å²) in [5.41, 5.74) is 2.36. The highest BCUT2D eigenvalue weighted by Crippen LogP contribution is 2.31. The molecule has 0 amide bonds. The first-order valence-electron chi connectivity index (χ1n) is 8.34. The molecule has 2 aromatic carbocycles. The van der Waals surface area contributed by atoms with Gasteiger partial charge in [0.1, 0.15) is 6.10 Å². The van der Waals surface area contributed by atoms with Crippen molar-refractivity contribution in [1.82, 2.24) is 4.90 Å². The third-order valence-corrected chi connectivity index (χ3v) is 4.68. The van der Waals surface area contributed by atoms with Crippen LogP contribution in [0.3, 0.4) is 0 Å². The van der Waals surface area contributed by atoms with Crippen LogP contribution in [0, 0.1) is 0 Å². The van der Waals surface area contributed by atoms with Crippen molar-refractivity contribution in [2.45, 2.75) is 38.1 Å². The van der Waals surface area contributed by atoms with E-state index in [-0.39, 0.29) is 24.7 Å². The van der Waals surface area contributed by atoms with Crippen LogP contribution in [0.15, 0.2) is 60.7 Å². The molecule has 0 unspecified atom stereocenters. The summed E-state index contributed by atoms with van der Waals surface area (Å²) in [6.07, 6.45) is -0.151. The average Bonchev–Trinajstić information content (AvgIpc) is 3.01. The number of rotatable bonds is 6. The summed E-state index contributed by atoms with van der Waals surface area (Å²) < 4.78 is 5.30. The van der Waals surface area contributed by atoms with Crippen LogP contribution < -0.4 is 0 Å². The van der Waals surface area contributed by atoms with Crippen LogP contribution in [-0.2, 0) is 16.1 Å². The Hall–Kier alpha value is -2.17. The molecule has 1 aliphatic heterocycles. The Kier molecular flexibility index (Phi) is 5.28. The molecule has 0 spiro atoms. The van der Waals surface area contributed by atoms with E-state index < -0.39 is 6.10 Å². The molecule has 1 N–H and O–H groups in total. The van der Waals surface area contributed by atoms with Crippen LogP contribution in [0.4, 0.5) is 0 Å². The first kappa shape index (κ1) is 16.7. The highest BCUT2D eigenvalue weighted by molar-refractivity contribution is 5.72. The van der Waals surface area contributed by atoms with Crippen LogP contribution in [0.2, 0.25) is 0 Å². The fourth-order valence-corrected chi connectivity index (χ4v) is 3.35. The molecule has 3 rings (SSSR count). The lowest BCUT2D eigenvalue weighted by Gasteiger charge is -2.36. The summed E-state index contributed by atoms with van der Waals surface area (Å²) in [5.74, 6) is -0.239. The van der Waals surface area contributed by atoms with Crippen molar-refractivity contribution in [3.8, 4) is 0 Å². The van der Waals surface area contributed by atoms with E-state index in [1.54, 1.807) is 0 Å². The van der Waals surface area contributed by atoms with Gasteiger partial charge in [0.25, 0.3) is 0 Å². The van der Waals surface area contributed by atoms with E-state index in [0.29, 0.717) is 13.0 Å². The van der Waals surface area contributed by atoms with Crippen molar-refractivity contribution < 1.29 is 14.6 Å².